The third kappa shape index (κ3) is 3.56. The summed E-state index contributed by atoms with van der Waals surface area (Å²) in [5.74, 6) is 0.470. The highest BCUT2D eigenvalue weighted by Crippen LogP contribution is 2.31. The van der Waals surface area contributed by atoms with Gasteiger partial charge in [-0.15, -0.1) is 0 Å². The lowest BCUT2D eigenvalue weighted by Gasteiger charge is -2.22. The zero-order chi connectivity index (χ0) is 14.7. The first-order chi connectivity index (χ1) is 9.52. The monoisotopic (exact) mass is 340 g/mol. The van der Waals surface area contributed by atoms with Crippen molar-refractivity contribution in [3.8, 4) is 0 Å². The fourth-order valence-electron chi connectivity index (χ4n) is 2.12. The molecule has 2 rings (SSSR count). The van der Waals surface area contributed by atoms with E-state index in [2.05, 4.69) is 15.9 Å². The topological polar surface area (TPSA) is 63.5 Å². The Morgan fingerprint density at radius 2 is 2.20 bits per heavy atom. The van der Waals surface area contributed by atoms with Gasteiger partial charge < -0.3 is 4.90 Å². The maximum atomic E-state index is 12.6. The molecule has 1 amide bonds. The van der Waals surface area contributed by atoms with Crippen LogP contribution in [0.15, 0.2) is 22.7 Å². The van der Waals surface area contributed by atoms with Gasteiger partial charge in [0.25, 0.3) is 11.6 Å². The average molecular weight is 341 g/mol. The maximum Gasteiger partial charge on any atom is 0.270 e. The number of carbonyl (C=O) groups is 1. The van der Waals surface area contributed by atoms with Gasteiger partial charge in [0.1, 0.15) is 0 Å². The summed E-state index contributed by atoms with van der Waals surface area (Å²) in [4.78, 5) is 24.7. The molecule has 6 heteroatoms. The van der Waals surface area contributed by atoms with Crippen LogP contribution in [0, 0.1) is 16.0 Å². The van der Waals surface area contributed by atoms with E-state index in [1.165, 1.54) is 25.0 Å². The van der Waals surface area contributed by atoms with E-state index >= 15 is 0 Å². The lowest BCUT2D eigenvalue weighted by Crippen LogP contribution is -2.33. The molecule has 0 aliphatic heterocycles. The number of carbonyl (C=O) groups excluding carboxylic acids is 1. The largest absolute Gasteiger partial charge is 0.338 e. The third-order valence-corrected chi connectivity index (χ3v) is 4.04. The van der Waals surface area contributed by atoms with Crippen LogP contribution >= 0.6 is 15.9 Å². The molecule has 108 valence electrons. The molecular weight excluding hydrogens is 324 g/mol. The number of hydrogen-bond donors (Lipinski definition) is 0. The molecule has 0 bridgehead atoms. The molecule has 0 aromatic heterocycles. The van der Waals surface area contributed by atoms with Crippen molar-refractivity contribution < 1.29 is 9.72 Å². The van der Waals surface area contributed by atoms with Gasteiger partial charge in [0, 0.05) is 29.7 Å². The van der Waals surface area contributed by atoms with Crippen LogP contribution in [0.4, 0.5) is 5.69 Å². The van der Waals surface area contributed by atoms with Crippen LogP contribution in [-0.4, -0.2) is 28.8 Å². The van der Waals surface area contributed by atoms with Crippen LogP contribution in [0.1, 0.15) is 36.5 Å². The van der Waals surface area contributed by atoms with Gasteiger partial charge in [0.15, 0.2) is 0 Å². The van der Waals surface area contributed by atoms with Crippen molar-refractivity contribution in [1.29, 1.82) is 0 Å². The zero-order valence-corrected chi connectivity index (χ0v) is 12.9. The molecule has 0 spiro atoms. The van der Waals surface area contributed by atoms with Crippen LogP contribution in [0.5, 0.6) is 0 Å². The number of nitro benzene ring substituents is 1. The molecule has 1 aromatic rings. The van der Waals surface area contributed by atoms with Crippen molar-refractivity contribution in [3.63, 3.8) is 0 Å². The Kier molecular flexibility index (Phi) is 4.75. The normalized spacial score (nSPS) is 14.1. The van der Waals surface area contributed by atoms with E-state index in [0.717, 1.165) is 13.0 Å². The Morgan fingerprint density at radius 3 is 2.75 bits per heavy atom. The third-order valence-electron chi connectivity index (χ3n) is 3.35. The van der Waals surface area contributed by atoms with Gasteiger partial charge in [0.2, 0.25) is 0 Å². The minimum absolute atomic E-state index is 0.0561. The van der Waals surface area contributed by atoms with E-state index in [1.807, 2.05) is 11.8 Å². The molecule has 0 saturated heterocycles. The quantitative estimate of drug-likeness (QED) is 0.586. The fourth-order valence-corrected chi connectivity index (χ4v) is 2.54. The molecular formula is C14H17BrN2O3. The molecule has 0 unspecified atom stereocenters. The molecule has 0 atom stereocenters. The van der Waals surface area contributed by atoms with Crippen LogP contribution in [0.25, 0.3) is 0 Å². The van der Waals surface area contributed by atoms with Crippen molar-refractivity contribution in [2.24, 2.45) is 5.92 Å². The molecule has 20 heavy (non-hydrogen) atoms. The van der Waals surface area contributed by atoms with E-state index < -0.39 is 4.92 Å². The molecule has 0 radical (unpaired) electrons. The second-order valence-electron chi connectivity index (χ2n) is 5.12. The van der Waals surface area contributed by atoms with Gasteiger partial charge in [0.05, 0.1) is 10.5 Å². The number of rotatable bonds is 6. The van der Waals surface area contributed by atoms with E-state index in [9.17, 15) is 14.9 Å². The SMILES string of the molecule is CCCN(CC1CC1)C(=O)c1cc([N+](=O)[O-])ccc1Br. The summed E-state index contributed by atoms with van der Waals surface area (Å²) < 4.78 is 0.602. The number of halogens is 1. The Labute approximate surface area is 126 Å². The molecule has 1 aliphatic carbocycles. The maximum absolute atomic E-state index is 12.6. The van der Waals surface area contributed by atoms with Gasteiger partial charge in [-0.2, -0.15) is 0 Å². The second-order valence-corrected chi connectivity index (χ2v) is 5.97. The van der Waals surface area contributed by atoms with E-state index in [0.29, 0.717) is 22.5 Å². The summed E-state index contributed by atoms with van der Waals surface area (Å²) in [7, 11) is 0. The molecule has 5 nitrogen and oxygen atoms in total. The Morgan fingerprint density at radius 1 is 1.50 bits per heavy atom. The predicted octanol–water partition coefficient (Wildman–Crippen LogP) is 3.62. The van der Waals surface area contributed by atoms with Crippen LogP contribution < -0.4 is 0 Å². The van der Waals surface area contributed by atoms with Crippen molar-refractivity contribution in [1.82, 2.24) is 4.90 Å². The lowest BCUT2D eigenvalue weighted by molar-refractivity contribution is -0.384. The first kappa shape index (κ1) is 15.0. The summed E-state index contributed by atoms with van der Waals surface area (Å²) in [5, 5.41) is 10.8. The van der Waals surface area contributed by atoms with Crippen molar-refractivity contribution in [2.45, 2.75) is 26.2 Å². The van der Waals surface area contributed by atoms with Crippen molar-refractivity contribution in [3.05, 3.63) is 38.3 Å². The molecule has 1 aromatic carbocycles. The highest BCUT2D eigenvalue weighted by Gasteiger charge is 2.28. The fraction of sp³-hybridized carbons (Fsp3) is 0.500. The van der Waals surface area contributed by atoms with E-state index in [4.69, 9.17) is 0 Å². The number of amides is 1. The predicted molar refractivity (Wildman–Crippen MR) is 79.7 cm³/mol. The van der Waals surface area contributed by atoms with Crippen molar-refractivity contribution >= 4 is 27.5 Å². The first-order valence-corrected chi connectivity index (χ1v) is 7.55. The summed E-state index contributed by atoms with van der Waals surface area (Å²) in [6.45, 7) is 3.46. The van der Waals surface area contributed by atoms with Gasteiger partial charge in [-0.1, -0.05) is 6.92 Å². The zero-order valence-electron chi connectivity index (χ0n) is 11.3. The summed E-state index contributed by atoms with van der Waals surface area (Å²) in [5.41, 5.74) is 0.313. The smallest absolute Gasteiger partial charge is 0.270 e. The number of non-ortho nitro benzene ring substituents is 1. The van der Waals surface area contributed by atoms with Gasteiger partial charge >= 0.3 is 0 Å². The van der Waals surface area contributed by atoms with E-state index in [-0.39, 0.29) is 11.6 Å². The highest BCUT2D eigenvalue weighted by atomic mass is 79.9. The van der Waals surface area contributed by atoms with Crippen LogP contribution in [0.3, 0.4) is 0 Å². The Bertz CT molecular complexity index is 529. The molecule has 1 aliphatic rings. The lowest BCUT2D eigenvalue weighted by atomic mass is 10.1. The van der Waals surface area contributed by atoms with Crippen molar-refractivity contribution in [2.75, 3.05) is 13.1 Å². The first-order valence-electron chi connectivity index (χ1n) is 6.76. The second kappa shape index (κ2) is 6.35. The highest BCUT2D eigenvalue weighted by molar-refractivity contribution is 9.10. The summed E-state index contributed by atoms with van der Waals surface area (Å²) in [6, 6.07) is 4.31. The van der Waals surface area contributed by atoms with Crippen LogP contribution in [0.2, 0.25) is 0 Å². The summed E-state index contributed by atoms with van der Waals surface area (Å²) in [6.07, 6.45) is 3.22. The number of nitro groups is 1. The van der Waals surface area contributed by atoms with Gasteiger partial charge in [-0.25, -0.2) is 0 Å². The minimum Gasteiger partial charge on any atom is -0.338 e. The summed E-state index contributed by atoms with van der Waals surface area (Å²) >= 11 is 3.31. The van der Waals surface area contributed by atoms with Crippen LogP contribution in [-0.2, 0) is 0 Å². The number of nitrogens with zero attached hydrogens (tertiary/aromatic N) is 2. The standard InChI is InChI=1S/C14H17BrN2O3/c1-2-7-16(9-10-3-4-10)14(18)12-8-11(17(19)20)5-6-13(12)15/h5-6,8,10H,2-4,7,9H2,1H3. The minimum atomic E-state index is -0.478. The van der Waals surface area contributed by atoms with Gasteiger partial charge in [-0.05, 0) is 47.2 Å². The van der Waals surface area contributed by atoms with Gasteiger partial charge in [-0.3, -0.25) is 14.9 Å². The van der Waals surface area contributed by atoms with E-state index in [1.54, 1.807) is 6.07 Å². The molecule has 1 saturated carbocycles. The molecule has 0 heterocycles. The average Bonchev–Trinajstić information content (AvgIpc) is 3.21. The Hall–Kier alpha value is -1.43. The number of hydrogen-bond acceptors (Lipinski definition) is 3. The molecule has 0 N–H and O–H groups in total. The molecule has 1 fully saturated rings. The number of benzene rings is 1. The Balaban J connectivity index is 2.24.